The molecule has 2 aliphatic rings. The van der Waals surface area contributed by atoms with E-state index in [4.69, 9.17) is 15.8 Å². The highest BCUT2D eigenvalue weighted by Gasteiger charge is 2.37. The highest BCUT2D eigenvalue weighted by Crippen LogP contribution is 2.22. The third-order valence-corrected chi connectivity index (χ3v) is 4.75. The Morgan fingerprint density at radius 2 is 2.04 bits per heavy atom. The molecule has 0 spiro atoms. The normalized spacial score (nSPS) is 25.0. The molecule has 2 N–H and O–H groups in total. The van der Waals surface area contributed by atoms with Crippen LogP contribution in [0.5, 0.6) is 0 Å². The van der Waals surface area contributed by atoms with Gasteiger partial charge in [0.25, 0.3) is 0 Å². The maximum Gasteiger partial charge on any atom is 0.240 e. The molecule has 1 amide bonds. The molecule has 2 fully saturated rings. The van der Waals surface area contributed by atoms with Crippen LogP contribution < -0.4 is 10.6 Å². The van der Waals surface area contributed by atoms with E-state index in [0.717, 1.165) is 18.5 Å². The lowest BCUT2D eigenvalue weighted by Gasteiger charge is -2.23. The van der Waals surface area contributed by atoms with Crippen molar-refractivity contribution in [3.8, 4) is 18.2 Å². The maximum absolute atomic E-state index is 12.6. The highest BCUT2D eigenvalue weighted by atomic mass is 16.2. The predicted octanol–water partition coefficient (Wildman–Crippen LogP) is 1.09. The number of benzene rings is 1. The number of nitriles is 3. The van der Waals surface area contributed by atoms with Crippen LogP contribution in [0.15, 0.2) is 18.2 Å². The van der Waals surface area contributed by atoms with Gasteiger partial charge in [-0.05, 0) is 37.5 Å². The first-order valence-corrected chi connectivity index (χ1v) is 8.30. The van der Waals surface area contributed by atoms with Crippen molar-refractivity contribution in [3.05, 3.63) is 29.3 Å². The number of hydrogen-bond acceptors (Lipinski definition) is 6. The molecule has 1 unspecified atom stereocenters. The van der Waals surface area contributed by atoms with Crippen molar-refractivity contribution in [2.75, 3.05) is 18.4 Å². The molecule has 0 radical (unpaired) electrons. The molecule has 1 aromatic carbocycles. The zero-order valence-corrected chi connectivity index (χ0v) is 13.7. The van der Waals surface area contributed by atoms with Crippen molar-refractivity contribution >= 4 is 11.6 Å². The van der Waals surface area contributed by atoms with E-state index in [1.54, 1.807) is 23.1 Å². The summed E-state index contributed by atoms with van der Waals surface area (Å²) < 4.78 is 0. The number of amides is 1. The Bertz CT molecular complexity index is 799. The number of nitrogens with one attached hydrogen (secondary N) is 2. The first kappa shape index (κ1) is 16.8. The van der Waals surface area contributed by atoms with Crippen LogP contribution in [0.1, 0.15) is 30.4 Å². The summed E-state index contributed by atoms with van der Waals surface area (Å²) in [6.45, 7) is 1.28. The second kappa shape index (κ2) is 7.21. The third kappa shape index (κ3) is 3.40. The van der Waals surface area contributed by atoms with Crippen molar-refractivity contribution in [1.82, 2.24) is 10.2 Å². The quantitative estimate of drug-likeness (QED) is 0.855. The van der Waals surface area contributed by atoms with E-state index in [-0.39, 0.29) is 24.0 Å². The summed E-state index contributed by atoms with van der Waals surface area (Å²) in [5, 5.41) is 33.7. The molecule has 1 aromatic rings. The minimum Gasteiger partial charge on any atom is -0.381 e. The van der Waals surface area contributed by atoms with E-state index in [1.807, 2.05) is 12.1 Å². The maximum atomic E-state index is 12.6. The molecule has 126 valence electrons. The lowest BCUT2D eigenvalue weighted by atomic mass is 10.1. The van der Waals surface area contributed by atoms with Gasteiger partial charge in [-0.3, -0.25) is 4.79 Å². The summed E-state index contributed by atoms with van der Waals surface area (Å²) in [4.78, 5) is 14.3. The van der Waals surface area contributed by atoms with Crippen LogP contribution in [0.2, 0.25) is 0 Å². The van der Waals surface area contributed by atoms with Gasteiger partial charge >= 0.3 is 0 Å². The van der Waals surface area contributed by atoms with Crippen molar-refractivity contribution in [2.24, 2.45) is 0 Å². The van der Waals surface area contributed by atoms with Crippen LogP contribution >= 0.6 is 0 Å². The fourth-order valence-corrected chi connectivity index (χ4v) is 3.46. The van der Waals surface area contributed by atoms with Gasteiger partial charge in [0.2, 0.25) is 5.91 Å². The van der Waals surface area contributed by atoms with Crippen molar-refractivity contribution < 1.29 is 4.79 Å². The van der Waals surface area contributed by atoms with Gasteiger partial charge in [0.05, 0.1) is 23.2 Å². The van der Waals surface area contributed by atoms with Gasteiger partial charge in [-0.25, -0.2) is 0 Å². The third-order valence-electron chi connectivity index (χ3n) is 4.75. The summed E-state index contributed by atoms with van der Waals surface area (Å²) in [6, 6.07) is 10.7. The molecule has 0 bridgehead atoms. The van der Waals surface area contributed by atoms with Crippen LogP contribution in [0, 0.1) is 34.0 Å². The van der Waals surface area contributed by atoms with Crippen LogP contribution in [-0.2, 0) is 4.79 Å². The molecule has 7 heteroatoms. The number of carbonyl (C=O) groups is 1. The zero-order chi connectivity index (χ0) is 17.8. The molecule has 25 heavy (non-hydrogen) atoms. The molecule has 3 rings (SSSR count). The predicted molar refractivity (Wildman–Crippen MR) is 90.0 cm³/mol. The SMILES string of the molecule is N#Cc1ccc(N[C@@H]2CN[C@H](C(=O)N3CCCC3C#N)C2)cc1C#N. The first-order valence-electron chi connectivity index (χ1n) is 8.30. The Kier molecular flexibility index (Phi) is 4.84. The molecule has 2 heterocycles. The fourth-order valence-electron chi connectivity index (χ4n) is 3.46. The largest absolute Gasteiger partial charge is 0.381 e. The number of anilines is 1. The molecule has 0 aliphatic carbocycles. The summed E-state index contributed by atoms with van der Waals surface area (Å²) in [6.07, 6.45) is 2.24. The molecule has 0 saturated carbocycles. The van der Waals surface area contributed by atoms with E-state index in [2.05, 4.69) is 16.7 Å². The van der Waals surface area contributed by atoms with Crippen molar-refractivity contribution in [3.63, 3.8) is 0 Å². The topological polar surface area (TPSA) is 116 Å². The zero-order valence-electron chi connectivity index (χ0n) is 13.7. The summed E-state index contributed by atoms with van der Waals surface area (Å²) in [5.41, 5.74) is 1.44. The van der Waals surface area contributed by atoms with Crippen molar-refractivity contribution in [1.29, 1.82) is 15.8 Å². The van der Waals surface area contributed by atoms with E-state index in [1.165, 1.54) is 0 Å². The summed E-state index contributed by atoms with van der Waals surface area (Å²) in [5.74, 6) is -0.00843. The van der Waals surface area contributed by atoms with Gasteiger partial charge in [0, 0.05) is 24.8 Å². The summed E-state index contributed by atoms with van der Waals surface area (Å²) >= 11 is 0. The Morgan fingerprint density at radius 3 is 2.76 bits per heavy atom. The molecule has 2 aliphatic heterocycles. The van der Waals surface area contributed by atoms with Gasteiger partial charge in [-0.1, -0.05) is 0 Å². The van der Waals surface area contributed by atoms with E-state index < -0.39 is 0 Å². The first-order chi connectivity index (χ1) is 12.2. The fraction of sp³-hybridized carbons (Fsp3) is 0.444. The highest BCUT2D eigenvalue weighted by molar-refractivity contribution is 5.83. The number of carbonyl (C=O) groups excluding carboxylic acids is 1. The Balaban J connectivity index is 1.62. The molecule has 3 atom stereocenters. The Labute approximate surface area is 146 Å². The molecular formula is C18H18N6O. The molecular weight excluding hydrogens is 316 g/mol. The van der Waals surface area contributed by atoms with Gasteiger partial charge in [0.15, 0.2) is 0 Å². The second-order valence-corrected chi connectivity index (χ2v) is 6.34. The number of nitrogens with zero attached hydrogens (tertiary/aromatic N) is 4. The second-order valence-electron chi connectivity index (χ2n) is 6.34. The lowest BCUT2D eigenvalue weighted by molar-refractivity contribution is -0.133. The monoisotopic (exact) mass is 334 g/mol. The molecule has 2 saturated heterocycles. The lowest BCUT2D eigenvalue weighted by Crippen LogP contribution is -2.45. The number of rotatable bonds is 3. The van der Waals surface area contributed by atoms with E-state index in [9.17, 15) is 4.79 Å². The van der Waals surface area contributed by atoms with E-state index in [0.29, 0.717) is 30.6 Å². The Morgan fingerprint density at radius 1 is 1.24 bits per heavy atom. The minimum absolute atomic E-state index is 0.00843. The number of hydrogen-bond donors (Lipinski definition) is 2. The van der Waals surface area contributed by atoms with E-state index >= 15 is 0 Å². The van der Waals surface area contributed by atoms with Gasteiger partial charge in [-0.15, -0.1) is 0 Å². The van der Waals surface area contributed by atoms with Gasteiger partial charge in [0.1, 0.15) is 18.2 Å². The summed E-state index contributed by atoms with van der Waals surface area (Å²) in [7, 11) is 0. The van der Waals surface area contributed by atoms with Crippen molar-refractivity contribution in [2.45, 2.75) is 37.4 Å². The van der Waals surface area contributed by atoms with Gasteiger partial charge in [-0.2, -0.15) is 15.8 Å². The smallest absolute Gasteiger partial charge is 0.240 e. The number of likely N-dealkylation sites (tertiary alicyclic amines) is 1. The van der Waals surface area contributed by atoms with Crippen LogP contribution in [0.25, 0.3) is 0 Å². The average molecular weight is 334 g/mol. The standard InChI is InChI=1S/C18H18N6O/c19-8-12-3-4-14(6-13(12)9-20)23-15-7-17(22-11-15)18(25)24-5-1-2-16(24)10-21/h3-4,6,15-17,22-23H,1-2,5,7,11H2/t15-,16?,17-/m0/s1. The average Bonchev–Trinajstić information content (AvgIpc) is 3.30. The van der Waals surface area contributed by atoms with Crippen LogP contribution in [-0.4, -0.2) is 42.0 Å². The van der Waals surface area contributed by atoms with Crippen LogP contribution in [0.3, 0.4) is 0 Å². The van der Waals surface area contributed by atoms with Gasteiger partial charge < -0.3 is 15.5 Å². The Hall–Kier alpha value is -3.08. The molecule has 0 aromatic heterocycles. The van der Waals surface area contributed by atoms with Crippen LogP contribution in [0.4, 0.5) is 5.69 Å². The molecule has 7 nitrogen and oxygen atoms in total. The minimum atomic E-state index is -0.307.